The molecule has 2 aliphatic carbocycles. The normalized spacial score (nSPS) is 26.1. The molecule has 1 fully saturated rings. The second kappa shape index (κ2) is 8.10. The van der Waals surface area contributed by atoms with E-state index in [0.29, 0.717) is 24.0 Å². The Hall–Kier alpha value is -2.43. The van der Waals surface area contributed by atoms with Crippen LogP contribution in [-0.4, -0.2) is 30.9 Å². The lowest BCUT2D eigenvalue weighted by Gasteiger charge is -2.13. The SMILES string of the molecule is C=C/C=C\CC1=C(C)[C@@H](OC(=O)[C@H]2C[C@@H]2/C=C(\C)C(=O)OC)CC1=O. The molecule has 25 heavy (non-hydrogen) atoms. The number of esters is 2. The molecule has 0 spiro atoms. The van der Waals surface area contributed by atoms with Gasteiger partial charge >= 0.3 is 11.9 Å². The number of ether oxygens (including phenoxy) is 2. The van der Waals surface area contributed by atoms with E-state index in [1.807, 2.05) is 13.0 Å². The van der Waals surface area contributed by atoms with Crippen LogP contribution in [0, 0.1) is 11.8 Å². The molecule has 2 rings (SSSR count). The van der Waals surface area contributed by atoms with Gasteiger partial charge in [-0.1, -0.05) is 30.9 Å². The molecule has 0 unspecified atom stereocenters. The summed E-state index contributed by atoms with van der Waals surface area (Å²) in [6.45, 7) is 7.10. The predicted molar refractivity (Wildman–Crippen MR) is 93.5 cm³/mol. The van der Waals surface area contributed by atoms with Gasteiger partial charge in [-0.15, -0.1) is 0 Å². The fourth-order valence-electron chi connectivity index (χ4n) is 2.99. The van der Waals surface area contributed by atoms with Crippen LogP contribution in [0.1, 0.15) is 33.1 Å². The minimum absolute atomic E-state index is 0.00276. The third kappa shape index (κ3) is 4.56. The average molecular weight is 344 g/mol. The fourth-order valence-corrected chi connectivity index (χ4v) is 2.99. The van der Waals surface area contributed by atoms with E-state index in [-0.39, 0.29) is 30.0 Å². The van der Waals surface area contributed by atoms with Gasteiger partial charge in [0.15, 0.2) is 5.78 Å². The topological polar surface area (TPSA) is 69.7 Å². The smallest absolute Gasteiger partial charge is 0.333 e. The molecule has 3 atom stereocenters. The van der Waals surface area contributed by atoms with Crippen LogP contribution in [-0.2, 0) is 23.9 Å². The first kappa shape index (κ1) is 18.9. The molecule has 5 heteroatoms. The summed E-state index contributed by atoms with van der Waals surface area (Å²) in [5.74, 6) is -0.914. The molecule has 0 saturated heterocycles. The third-order valence-corrected chi connectivity index (χ3v) is 4.63. The molecular weight excluding hydrogens is 320 g/mol. The highest BCUT2D eigenvalue weighted by Crippen LogP contribution is 2.42. The molecule has 0 aromatic carbocycles. The maximum Gasteiger partial charge on any atom is 0.333 e. The zero-order chi connectivity index (χ0) is 18.6. The van der Waals surface area contributed by atoms with Crippen molar-refractivity contribution >= 4 is 17.7 Å². The Kier molecular flexibility index (Phi) is 6.12. The molecular formula is C20H24O5. The van der Waals surface area contributed by atoms with Crippen molar-refractivity contribution in [2.75, 3.05) is 7.11 Å². The van der Waals surface area contributed by atoms with E-state index in [2.05, 4.69) is 11.3 Å². The lowest BCUT2D eigenvalue weighted by Crippen LogP contribution is -2.19. The number of carbonyl (C=O) groups is 3. The van der Waals surface area contributed by atoms with Crippen LogP contribution in [0.4, 0.5) is 0 Å². The van der Waals surface area contributed by atoms with Crippen molar-refractivity contribution in [2.24, 2.45) is 11.8 Å². The van der Waals surface area contributed by atoms with Gasteiger partial charge in [-0.25, -0.2) is 4.79 Å². The summed E-state index contributed by atoms with van der Waals surface area (Å²) in [6, 6.07) is 0. The van der Waals surface area contributed by atoms with Gasteiger partial charge in [0, 0.05) is 11.1 Å². The van der Waals surface area contributed by atoms with Crippen LogP contribution in [0.25, 0.3) is 0 Å². The fraction of sp³-hybridized carbons (Fsp3) is 0.450. The van der Waals surface area contributed by atoms with Crippen LogP contribution in [0.3, 0.4) is 0 Å². The highest BCUT2D eigenvalue weighted by atomic mass is 16.5. The van der Waals surface area contributed by atoms with E-state index in [1.54, 1.807) is 25.2 Å². The van der Waals surface area contributed by atoms with Gasteiger partial charge in [-0.3, -0.25) is 9.59 Å². The highest BCUT2D eigenvalue weighted by Gasteiger charge is 2.45. The first-order valence-corrected chi connectivity index (χ1v) is 8.36. The van der Waals surface area contributed by atoms with Gasteiger partial charge in [-0.05, 0) is 38.2 Å². The lowest BCUT2D eigenvalue weighted by atomic mass is 10.1. The van der Waals surface area contributed by atoms with Gasteiger partial charge in [0.2, 0.25) is 0 Å². The molecule has 0 amide bonds. The zero-order valence-electron chi connectivity index (χ0n) is 14.9. The predicted octanol–water partition coefficient (Wildman–Crippen LogP) is 3.08. The summed E-state index contributed by atoms with van der Waals surface area (Å²) in [7, 11) is 1.33. The number of Topliss-reactive ketones (excluding diaryl/α,β-unsaturated/α-hetero) is 1. The standard InChI is InChI=1S/C20H24O5/c1-5-6-7-8-15-13(3)18(11-17(15)21)25-20(23)16-10-14(16)9-12(2)19(22)24-4/h5-7,9,14,16,18H,1,8,10-11H2,2-4H3/b7-6-,12-9+/t14-,16-,18-/m0/s1. The Morgan fingerprint density at radius 2 is 2.08 bits per heavy atom. The summed E-state index contributed by atoms with van der Waals surface area (Å²) < 4.78 is 10.2. The second-order valence-corrected chi connectivity index (χ2v) is 6.43. The maximum absolute atomic E-state index is 12.3. The molecule has 0 bridgehead atoms. The Morgan fingerprint density at radius 3 is 2.72 bits per heavy atom. The summed E-state index contributed by atoms with van der Waals surface area (Å²) in [6.07, 6.45) is 7.99. The van der Waals surface area contributed by atoms with Crippen LogP contribution in [0.5, 0.6) is 0 Å². The van der Waals surface area contributed by atoms with Crippen molar-refractivity contribution in [1.29, 1.82) is 0 Å². The lowest BCUT2D eigenvalue weighted by molar-refractivity contribution is -0.149. The van der Waals surface area contributed by atoms with Crippen molar-refractivity contribution < 1.29 is 23.9 Å². The molecule has 0 aromatic heterocycles. The van der Waals surface area contributed by atoms with Crippen molar-refractivity contribution in [1.82, 2.24) is 0 Å². The number of allylic oxidation sites excluding steroid dienone is 5. The quantitative estimate of drug-likeness (QED) is 0.403. The second-order valence-electron chi connectivity index (χ2n) is 6.43. The molecule has 0 heterocycles. The minimum Gasteiger partial charge on any atom is -0.466 e. The molecule has 0 N–H and O–H groups in total. The van der Waals surface area contributed by atoms with Gasteiger partial charge in [0.25, 0.3) is 0 Å². The molecule has 0 radical (unpaired) electrons. The third-order valence-electron chi connectivity index (χ3n) is 4.63. The van der Waals surface area contributed by atoms with E-state index >= 15 is 0 Å². The van der Waals surface area contributed by atoms with Crippen LogP contribution < -0.4 is 0 Å². The summed E-state index contributed by atoms with van der Waals surface area (Å²) in [5.41, 5.74) is 2.03. The van der Waals surface area contributed by atoms with Gasteiger partial charge < -0.3 is 9.47 Å². The molecule has 0 aliphatic heterocycles. The molecule has 0 aromatic rings. The van der Waals surface area contributed by atoms with Crippen LogP contribution in [0.15, 0.2) is 47.6 Å². The zero-order valence-corrected chi connectivity index (χ0v) is 14.9. The van der Waals surface area contributed by atoms with Crippen LogP contribution >= 0.6 is 0 Å². The summed E-state index contributed by atoms with van der Waals surface area (Å²) in [5, 5.41) is 0. The first-order valence-electron chi connectivity index (χ1n) is 8.36. The minimum atomic E-state index is -0.473. The summed E-state index contributed by atoms with van der Waals surface area (Å²) in [4.78, 5) is 35.8. The number of hydrogen-bond donors (Lipinski definition) is 0. The van der Waals surface area contributed by atoms with E-state index in [0.717, 1.165) is 5.57 Å². The van der Waals surface area contributed by atoms with Gasteiger partial charge in [0.05, 0.1) is 19.4 Å². The van der Waals surface area contributed by atoms with E-state index in [9.17, 15) is 14.4 Å². The molecule has 2 aliphatic rings. The molecule has 1 saturated carbocycles. The first-order chi connectivity index (χ1) is 11.9. The number of methoxy groups -OCH3 is 1. The Labute approximate surface area is 148 Å². The van der Waals surface area contributed by atoms with Crippen LogP contribution in [0.2, 0.25) is 0 Å². The van der Waals surface area contributed by atoms with Crippen molar-refractivity contribution in [3.63, 3.8) is 0 Å². The van der Waals surface area contributed by atoms with Crippen molar-refractivity contribution in [3.8, 4) is 0 Å². The Morgan fingerprint density at radius 1 is 1.36 bits per heavy atom. The summed E-state index contributed by atoms with van der Waals surface area (Å²) >= 11 is 0. The van der Waals surface area contributed by atoms with Gasteiger partial charge in [0.1, 0.15) is 6.10 Å². The Bertz CT molecular complexity index is 680. The monoisotopic (exact) mass is 344 g/mol. The Balaban J connectivity index is 1.94. The van der Waals surface area contributed by atoms with Crippen molar-refractivity contribution in [2.45, 2.75) is 39.2 Å². The number of rotatable bonds is 7. The number of hydrogen-bond acceptors (Lipinski definition) is 5. The highest BCUT2D eigenvalue weighted by molar-refractivity contribution is 6.00. The average Bonchev–Trinajstić information content (AvgIpc) is 3.30. The van der Waals surface area contributed by atoms with E-state index in [1.165, 1.54) is 7.11 Å². The molecule has 5 nitrogen and oxygen atoms in total. The number of ketones is 1. The maximum atomic E-state index is 12.3. The van der Waals surface area contributed by atoms with E-state index < -0.39 is 12.1 Å². The molecule has 134 valence electrons. The number of carbonyl (C=O) groups excluding carboxylic acids is 3. The largest absolute Gasteiger partial charge is 0.466 e. The van der Waals surface area contributed by atoms with Gasteiger partial charge in [-0.2, -0.15) is 0 Å². The van der Waals surface area contributed by atoms with Crippen molar-refractivity contribution in [3.05, 3.63) is 47.6 Å². The van der Waals surface area contributed by atoms with E-state index in [4.69, 9.17) is 4.74 Å².